The summed E-state index contributed by atoms with van der Waals surface area (Å²) < 4.78 is 0. The van der Waals surface area contributed by atoms with Gasteiger partial charge in [-0.1, -0.05) is 29.8 Å². The highest BCUT2D eigenvalue weighted by atomic mass is 32.2. The molecule has 0 spiro atoms. The summed E-state index contributed by atoms with van der Waals surface area (Å²) in [7, 11) is 0. The molecule has 1 aliphatic heterocycles. The molecule has 1 fully saturated rings. The lowest BCUT2D eigenvalue weighted by Crippen LogP contribution is -2.54. The molecule has 0 aliphatic carbocycles. The topological polar surface area (TPSA) is 52.7 Å². The van der Waals surface area contributed by atoms with Gasteiger partial charge in [-0.25, -0.2) is 0 Å². The van der Waals surface area contributed by atoms with Crippen LogP contribution in [0.5, 0.6) is 0 Å². The van der Waals surface area contributed by atoms with Gasteiger partial charge in [0.15, 0.2) is 0 Å². The van der Waals surface area contributed by atoms with E-state index < -0.39 is 6.04 Å². The van der Waals surface area contributed by atoms with E-state index in [0.29, 0.717) is 6.42 Å². The Kier molecular flexibility index (Phi) is 7.78. The van der Waals surface area contributed by atoms with Crippen LogP contribution in [0.25, 0.3) is 0 Å². The number of thioether (sulfide) groups is 1. The fraction of sp³-hybridized carbons (Fsp3) is 0.579. The van der Waals surface area contributed by atoms with Crippen molar-refractivity contribution in [2.45, 2.75) is 32.9 Å². The van der Waals surface area contributed by atoms with Crippen LogP contribution in [0.4, 0.5) is 0 Å². The quantitative estimate of drug-likeness (QED) is 0.804. The number of piperazine rings is 1. The summed E-state index contributed by atoms with van der Waals surface area (Å²) in [4.78, 5) is 28.4. The van der Waals surface area contributed by atoms with Crippen molar-refractivity contribution in [1.29, 1.82) is 0 Å². The average Bonchev–Trinajstić information content (AvgIpc) is 2.58. The molecule has 1 saturated heterocycles. The Hall–Kier alpha value is -1.53. The highest BCUT2D eigenvalue weighted by Gasteiger charge is 2.27. The van der Waals surface area contributed by atoms with Crippen LogP contribution < -0.4 is 5.32 Å². The standard InChI is InChI=1S/C19H29N3O2S/c1-15-5-4-6-17(13-15)14-21-8-10-22(11-9-21)19(24)18(7-12-25-3)20-16(2)23/h4-6,13,18H,7-12,14H2,1-3H3,(H,20,23)/t18-/m0/s1. The van der Waals surface area contributed by atoms with E-state index in [9.17, 15) is 9.59 Å². The lowest BCUT2D eigenvalue weighted by atomic mass is 10.1. The van der Waals surface area contributed by atoms with E-state index in [1.165, 1.54) is 18.1 Å². The first-order valence-corrected chi connectivity index (χ1v) is 10.2. The van der Waals surface area contributed by atoms with E-state index in [2.05, 4.69) is 41.4 Å². The molecule has 0 saturated carbocycles. The van der Waals surface area contributed by atoms with Crippen LogP contribution in [0.3, 0.4) is 0 Å². The molecule has 6 heteroatoms. The maximum atomic E-state index is 12.7. The maximum Gasteiger partial charge on any atom is 0.245 e. The third kappa shape index (κ3) is 6.36. The lowest BCUT2D eigenvalue weighted by molar-refractivity contribution is -0.137. The van der Waals surface area contributed by atoms with Gasteiger partial charge in [0.05, 0.1) is 0 Å². The van der Waals surface area contributed by atoms with E-state index in [-0.39, 0.29) is 11.8 Å². The number of amides is 2. The molecule has 1 N–H and O–H groups in total. The zero-order valence-corrected chi connectivity index (χ0v) is 16.3. The van der Waals surface area contributed by atoms with Crippen LogP contribution in [-0.2, 0) is 16.1 Å². The molecule has 1 heterocycles. The van der Waals surface area contributed by atoms with Gasteiger partial charge in [-0.2, -0.15) is 11.8 Å². The van der Waals surface area contributed by atoms with Crippen LogP contribution in [0.2, 0.25) is 0 Å². The molecule has 138 valence electrons. The van der Waals surface area contributed by atoms with E-state index in [0.717, 1.165) is 38.5 Å². The van der Waals surface area contributed by atoms with E-state index in [4.69, 9.17) is 0 Å². The number of hydrogen-bond donors (Lipinski definition) is 1. The van der Waals surface area contributed by atoms with Gasteiger partial charge in [0.25, 0.3) is 0 Å². The number of carbonyl (C=O) groups is 2. The van der Waals surface area contributed by atoms with Crippen LogP contribution >= 0.6 is 11.8 Å². The number of aryl methyl sites for hydroxylation is 1. The van der Waals surface area contributed by atoms with E-state index in [1.807, 2.05) is 11.2 Å². The molecule has 2 amide bonds. The second-order valence-corrected chi connectivity index (χ2v) is 7.61. The zero-order valence-electron chi connectivity index (χ0n) is 15.5. The van der Waals surface area contributed by atoms with E-state index >= 15 is 0 Å². The Morgan fingerprint density at radius 2 is 1.96 bits per heavy atom. The Morgan fingerprint density at radius 3 is 2.56 bits per heavy atom. The van der Waals surface area contributed by atoms with E-state index in [1.54, 1.807) is 11.8 Å². The van der Waals surface area contributed by atoms with Crippen LogP contribution in [0.15, 0.2) is 24.3 Å². The van der Waals surface area contributed by atoms with Gasteiger partial charge in [-0.3, -0.25) is 14.5 Å². The van der Waals surface area contributed by atoms with Crippen LogP contribution in [0, 0.1) is 6.92 Å². The summed E-state index contributed by atoms with van der Waals surface area (Å²) in [5.41, 5.74) is 2.59. The molecule has 25 heavy (non-hydrogen) atoms. The van der Waals surface area contributed by atoms with Crippen molar-refractivity contribution >= 4 is 23.6 Å². The normalized spacial score (nSPS) is 16.5. The molecule has 0 radical (unpaired) electrons. The minimum absolute atomic E-state index is 0.0551. The number of hydrogen-bond acceptors (Lipinski definition) is 4. The van der Waals surface area contributed by atoms with Crippen molar-refractivity contribution in [1.82, 2.24) is 15.1 Å². The second kappa shape index (κ2) is 9.82. The molecule has 1 atom stereocenters. The number of carbonyl (C=O) groups excluding carboxylic acids is 2. The van der Waals surface area contributed by atoms with Gasteiger partial charge in [-0.15, -0.1) is 0 Å². The van der Waals surface area contributed by atoms with Crippen molar-refractivity contribution in [2.75, 3.05) is 38.2 Å². The summed E-state index contributed by atoms with van der Waals surface area (Å²) in [5, 5.41) is 2.81. The van der Waals surface area contributed by atoms with Crippen molar-refractivity contribution in [3.05, 3.63) is 35.4 Å². The van der Waals surface area contributed by atoms with Gasteiger partial charge in [0.1, 0.15) is 6.04 Å². The van der Waals surface area contributed by atoms with Gasteiger partial charge in [-0.05, 0) is 30.9 Å². The first-order valence-electron chi connectivity index (χ1n) is 8.82. The fourth-order valence-corrected chi connectivity index (χ4v) is 3.63. The maximum absolute atomic E-state index is 12.7. The van der Waals surface area contributed by atoms with Crippen LogP contribution in [-0.4, -0.2) is 65.8 Å². The van der Waals surface area contributed by atoms with Gasteiger partial charge in [0.2, 0.25) is 11.8 Å². The fourth-order valence-electron chi connectivity index (χ4n) is 3.15. The molecular formula is C19H29N3O2S. The number of rotatable bonds is 7. The third-order valence-corrected chi connectivity index (χ3v) is 5.10. The van der Waals surface area contributed by atoms with Gasteiger partial charge in [0, 0.05) is 39.6 Å². The molecule has 0 bridgehead atoms. The summed E-state index contributed by atoms with van der Waals surface area (Å²) in [6, 6.07) is 8.17. The molecule has 0 unspecified atom stereocenters. The van der Waals surface area contributed by atoms with Crippen LogP contribution in [0.1, 0.15) is 24.5 Å². The Balaban J connectivity index is 1.86. The molecule has 2 rings (SSSR count). The molecule has 5 nitrogen and oxygen atoms in total. The first kappa shape index (κ1) is 19.8. The van der Waals surface area contributed by atoms with Gasteiger partial charge >= 0.3 is 0 Å². The van der Waals surface area contributed by atoms with Crippen molar-refractivity contribution in [3.8, 4) is 0 Å². The third-order valence-electron chi connectivity index (χ3n) is 4.46. The Labute approximate surface area is 155 Å². The smallest absolute Gasteiger partial charge is 0.245 e. The Morgan fingerprint density at radius 1 is 1.24 bits per heavy atom. The summed E-state index contributed by atoms with van der Waals surface area (Å²) in [6.45, 7) is 7.69. The van der Waals surface area contributed by atoms with Gasteiger partial charge < -0.3 is 10.2 Å². The predicted molar refractivity (Wildman–Crippen MR) is 104 cm³/mol. The second-order valence-electron chi connectivity index (χ2n) is 6.63. The number of nitrogens with one attached hydrogen (secondary N) is 1. The largest absolute Gasteiger partial charge is 0.345 e. The predicted octanol–water partition coefficient (Wildman–Crippen LogP) is 1.90. The van der Waals surface area contributed by atoms with Crippen molar-refractivity contribution in [3.63, 3.8) is 0 Å². The summed E-state index contributed by atoms with van der Waals surface area (Å²) in [6.07, 6.45) is 2.70. The average molecular weight is 364 g/mol. The molecule has 1 aromatic rings. The Bertz CT molecular complexity index is 586. The first-order chi connectivity index (χ1) is 12.0. The molecule has 1 aliphatic rings. The minimum Gasteiger partial charge on any atom is -0.345 e. The summed E-state index contributed by atoms with van der Waals surface area (Å²) in [5.74, 6) is 0.779. The monoisotopic (exact) mass is 363 g/mol. The lowest BCUT2D eigenvalue weighted by Gasteiger charge is -2.36. The molecule has 0 aromatic heterocycles. The highest BCUT2D eigenvalue weighted by Crippen LogP contribution is 2.12. The number of nitrogens with zero attached hydrogens (tertiary/aromatic N) is 2. The SMILES string of the molecule is CSCC[C@H](NC(C)=O)C(=O)N1CCN(Cc2cccc(C)c2)CC1. The summed E-state index contributed by atoms with van der Waals surface area (Å²) >= 11 is 1.69. The van der Waals surface area contributed by atoms with Crippen molar-refractivity contribution < 1.29 is 9.59 Å². The number of benzene rings is 1. The highest BCUT2D eigenvalue weighted by molar-refractivity contribution is 7.98. The molecular weight excluding hydrogens is 334 g/mol. The van der Waals surface area contributed by atoms with Crippen molar-refractivity contribution in [2.24, 2.45) is 0 Å². The zero-order chi connectivity index (χ0) is 18.2. The minimum atomic E-state index is -0.395. The molecule has 1 aromatic carbocycles.